The molecular weight excluding hydrogens is 344 g/mol. The number of hydrogen-bond donors (Lipinski definition) is 0. The summed E-state index contributed by atoms with van der Waals surface area (Å²) in [6, 6.07) is 2.19. The highest BCUT2D eigenvalue weighted by Crippen LogP contribution is 2.36. The van der Waals surface area contributed by atoms with E-state index in [0.29, 0.717) is 0 Å². The number of ether oxygens (including phenoxy) is 1. The van der Waals surface area contributed by atoms with E-state index in [-0.39, 0.29) is 20.4 Å². The Hall–Kier alpha value is -0.760. The van der Waals surface area contributed by atoms with Crippen LogP contribution in [0.15, 0.2) is 21.1 Å². The Balaban J connectivity index is 3.17. The third-order valence-corrected chi connectivity index (χ3v) is 2.67. The predicted octanol–water partition coefficient (Wildman–Crippen LogP) is 3.72. The number of halogens is 4. The molecule has 0 unspecified atom stereocenters. The zero-order valence-corrected chi connectivity index (χ0v) is 10.1. The van der Waals surface area contributed by atoms with Gasteiger partial charge in [0.05, 0.1) is 19.9 Å². The molecule has 8 heteroatoms. The van der Waals surface area contributed by atoms with Crippen LogP contribution in [0.5, 0.6) is 5.75 Å². The smallest absolute Gasteiger partial charge is 0.387 e. The van der Waals surface area contributed by atoms with Gasteiger partial charge in [0.1, 0.15) is 5.75 Å². The molecule has 0 aliphatic heterocycles. The summed E-state index contributed by atoms with van der Waals surface area (Å²) in [5, 5.41) is 10.5. The van der Waals surface area contributed by atoms with Gasteiger partial charge in [-0.1, -0.05) is 0 Å². The quantitative estimate of drug-likeness (QED) is 0.619. The molecule has 1 aromatic carbocycles. The highest BCUT2D eigenvalue weighted by Gasteiger charge is 2.18. The first-order chi connectivity index (χ1) is 6.91. The van der Waals surface area contributed by atoms with E-state index < -0.39 is 11.5 Å². The van der Waals surface area contributed by atoms with Crippen LogP contribution in [-0.4, -0.2) is 11.5 Å². The number of nitrogens with zero attached hydrogens (tertiary/aromatic N) is 1. The highest BCUT2D eigenvalue weighted by atomic mass is 79.9. The van der Waals surface area contributed by atoms with Crippen molar-refractivity contribution < 1.29 is 18.4 Å². The van der Waals surface area contributed by atoms with Crippen LogP contribution in [0.4, 0.5) is 14.5 Å². The van der Waals surface area contributed by atoms with Crippen molar-refractivity contribution in [2.45, 2.75) is 6.61 Å². The number of rotatable bonds is 3. The summed E-state index contributed by atoms with van der Waals surface area (Å²) in [6.45, 7) is -3.03. The van der Waals surface area contributed by atoms with Crippen molar-refractivity contribution in [2.24, 2.45) is 0 Å². The Morgan fingerprint density at radius 2 is 1.93 bits per heavy atom. The topological polar surface area (TPSA) is 52.4 Å². The van der Waals surface area contributed by atoms with Crippen LogP contribution in [0, 0.1) is 10.1 Å². The molecule has 1 aromatic rings. The standard InChI is InChI=1S/C7H3Br2F2NO3/c8-3-1-4(9)6(15-7(10)11)2-5(3)12(13)14/h1-2,7H. The molecule has 4 nitrogen and oxygen atoms in total. The van der Waals surface area contributed by atoms with E-state index in [1.807, 2.05) is 0 Å². The van der Waals surface area contributed by atoms with Crippen LogP contribution in [0.1, 0.15) is 0 Å². The van der Waals surface area contributed by atoms with Gasteiger partial charge in [0.15, 0.2) is 0 Å². The molecular formula is C7H3Br2F2NO3. The third kappa shape index (κ3) is 3.10. The normalized spacial score (nSPS) is 10.5. The number of nitro groups is 1. The molecule has 0 radical (unpaired) electrons. The number of hydrogen-bond acceptors (Lipinski definition) is 3. The largest absolute Gasteiger partial charge is 0.433 e. The second-order valence-electron chi connectivity index (χ2n) is 2.37. The van der Waals surface area contributed by atoms with Crippen molar-refractivity contribution in [3.05, 3.63) is 31.2 Å². The second kappa shape index (κ2) is 4.84. The van der Waals surface area contributed by atoms with Crippen molar-refractivity contribution in [1.82, 2.24) is 0 Å². The fourth-order valence-electron chi connectivity index (χ4n) is 0.845. The monoisotopic (exact) mass is 345 g/mol. The molecule has 0 N–H and O–H groups in total. The minimum atomic E-state index is -3.03. The Morgan fingerprint density at radius 1 is 1.33 bits per heavy atom. The van der Waals surface area contributed by atoms with Crippen molar-refractivity contribution in [3.63, 3.8) is 0 Å². The predicted molar refractivity (Wildman–Crippen MR) is 55.1 cm³/mol. The first kappa shape index (κ1) is 12.3. The van der Waals surface area contributed by atoms with Crippen molar-refractivity contribution in [2.75, 3.05) is 0 Å². The van der Waals surface area contributed by atoms with Crippen LogP contribution in [-0.2, 0) is 0 Å². The lowest BCUT2D eigenvalue weighted by Crippen LogP contribution is -2.03. The van der Waals surface area contributed by atoms with E-state index in [4.69, 9.17) is 0 Å². The lowest BCUT2D eigenvalue weighted by Gasteiger charge is -2.06. The number of benzene rings is 1. The van der Waals surface area contributed by atoms with E-state index in [9.17, 15) is 18.9 Å². The van der Waals surface area contributed by atoms with Gasteiger partial charge in [-0.25, -0.2) is 0 Å². The zero-order chi connectivity index (χ0) is 11.6. The Morgan fingerprint density at radius 3 is 2.40 bits per heavy atom. The van der Waals surface area contributed by atoms with Crippen LogP contribution < -0.4 is 4.74 Å². The van der Waals surface area contributed by atoms with Crippen LogP contribution >= 0.6 is 31.9 Å². The molecule has 0 aromatic heterocycles. The summed E-state index contributed by atoms with van der Waals surface area (Å²) in [4.78, 5) is 9.79. The minimum Gasteiger partial charge on any atom is -0.433 e. The molecule has 0 spiro atoms. The lowest BCUT2D eigenvalue weighted by atomic mass is 10.3. The van der Waals surface area contributed by atoms with Gasteiger partial charge in [0.25, 0.3) is 5.69 Å². The van der Waals surface area contributed by atoms with E-state index in [0.717, 1.165) is 6.07 Å². The molecule has 0 fully saturated rings. The van der Waals surface area contributed by atoms with Gasteiger partial charge in [-0.05, 0) is 37.9 Å². The van der Waals surface area contributed by atoms with Crippen LogP contribution in [0.2, 0.25) is 0 Å². The van der Waals surface area contributed by atoms with Gasteiger partial charge in [0, 0.05) is 0 Å². The van der Waals surface area contributed by atoms with E-state index >= 15 is 0 Å². The Kier molecular flexibility index (Phi) is 3.97. The number of alkyl halides is 2. The maximum absolute atomic E-state index is 11.9. The molecule has 0 heterocycles. The number of nitro benzene ring substituents is 1. The zero-order valence-electron chi connectivity index (χ0n) is 6.92. The molecule has 0 aliphatic carbocycles. The molecule has 0 aliphatic rings. The maximum atomic E-state index is 11.9. The molecule has 0 atom stereocenters. The van der Waals surface area contributed by atoms with Crippen molar-refractivity contribution in [3.8, 4) is 5.75 Å². The summed E-state index contributed by atoms with van der Waals surface area (Å²) >= 11 is 5.88. The molecule has 0 bridgehead atoms. The SMILES string of the molecule is O=[N+]([O-])c1cc(OC(F)F)c(Br)cc1Br. The minimum absolute atomic E-state index is 0.181. The van der Waals surface area contributed by atoms with E-state index in [2.05, 4.69) is 36.6 Å². The fourth-order valence-corrected chi connectivity index (χ4v) is 2.08. The van der Waals surface area contributed by atoms with Crippen LogP contribution in [0.25, 0.3) is 0 Å². The van der Waals surface area contributed by atoms with Gasteiger partial charge in [-0.15, -0.1) is 0 Å². The average molecular weight is 347 g/mol. The fraction of sp³-hybridized carbons (Fsp3) is 0.143. The Labute approximate surface area is 99.6 Å². The lowest BCUT2D eigenvalue weighted by molar-refractivity contribution is -0.385. The van der Waals surface area contributed by atoms with Crippen molar-refractivity contribution >= 4 is 37.5 Å². The second-order valence-corrected chi connectivity index (χ2v) is 4.08. The summed E-state index contributed by atoms with van der Waals surface area (Å²) in [5.74, 6) is -0.278. The van der Waals surface area contributed by atoms with Gasteiger partial charge in [-0.3, -0.25) is 10.1 Å². The molecule has 0 saturated carbocycles. The maximum Gasteiger partial charge on any atom is 0.387 e. The highest BCUT2D eigenvalue weighted by molar-refractivity contribution is 9.11. The van der Waals surface area contributed by atoms with E-state index in [1.54, 1.807) is 0 Å². The summed E-state index contributed by atoms with van der Waals surface area (Å²) in [6.07, 6.45) is 0. The van der Waals surface area contributed by atoms with Gasteiger partial charge in [0.2, 0.25) is 0 Å². The molecule has 1 rings (SSSR count). The summed E-state index contributed by atoms with van der Waals surface area (Å²) < 4.78 is 28.3. The molecule has 15 heavy (non-hydrogen) atoms. The molecule has 0 saturated heterocycles. The Bertz CT molecular complexity index is 400. The van der Waals surface area contributed by atoms with Gasteiger partial charge in [-0.2, -0.15) is 8.78 Å². The first-order valence-electron chi connectivity index (χ1n) is 3.50. The summed E-state index contributed by atoms with van der Waals surface area (Å²) in [5.41, 5.74) is -0.339. The summed E-state index contributed by atoms with van der Waals surface area (Å²) in [7, 11) is 0. The van der Waals surface area contributed by atoms with Crippen molar-refractivity contribution in [1.29, 1.82) is 0 Å². The van der Waals surface area contributed by atoms with Gasteiger partial charge >= 0.3 is 6.61 Å². The molecule has 0 amide bonds. The molecule has 82 valence electrons. The average Bonchev–Trinajstić information content (AvgIpc) is 2.08. The third-order valence-electron chi connectivity index (χ3n) is 1.41. The van der Waals surface area contributed by atoms with Gasteiger partial charge < -0.3 is 4.74 Å². The van der Waals surface area contributed by atoms with E-state index in [1.165, 1.54) is 6.07 Å². The first-order valence-corrected chi connectivity index (χ1v) is 5.08. The van der Waals surface area contributed by atoms with Crippen LogP contribution in [0.3, 0.4) is 0 Å².